The summed E-state index contributed by atoms with van der Waals surface area (Å²) in [5.41, 5.74) is 1.83. The molecule has 0 bridgehead atoms. The van der Waals surface area contributed by atoms with Crippen LogP contribution in [0.15, 0.2) is 36.8 Å². The van der Waals surface area contributed by atoms with E-state index >= 15 is 0 Å². The average molecular weight is 376 g/mol. The number of aromatic nitrogens is 3. The predicted molar refractivity (Wildman–Crippen MR) is 103 cm³/mol. The van der Waals surface area contributed by atoms with Crippen molar-refractivity contribution in [2.45, 2.75) is 24.8 Å². The first kappa shape index (κ1) is 16.6. The molecule has 1 fully saturated rings. The molecule has 3 heterocycles. The van der Waals surface area contributed by atoms with E-state index in [1.165, 1.54) is 0 Å². The summed E-state index contributed by atoms with van der Waals surface area (Å²) >= 11 is 12.5. The molecule has 1 aliphatic heterocycles. The van der Waals surface area contributed by atoms with Crippen LogP contribution in [0.3, 0.4) is 0 Å². The van der Waals surface area contributed by atoms with E-state index < -0.39 is 0 Å². The Morgan fingerprint density at radius 1 is 1.12 bits per heavy atom. The third-order valence-electron chi connectivity index (χ3n) is 4.84. The number of H-pyrrole nitrogens is 1. The van der Waals surface area contributed by atoms with E-state index in [0.29, 0.717) is 10.0 Å². The van der Waals surface area contributed by atoms with E-state index in [9.17, 15) is 0 Å². The summed E-state index contributed by atoms with van der Waals surface area (Å²) in [5.74, 6) is 0.859. The zero-order valence-corrected chi connectivity index (χ0v) is 15.2. The van der Waals surface area contributed by atoms with E-state index in [1.807, 2.05) is 30.5 Å². The van der Waals surface area contributed by atoms with Crippen LogP contribution in [0, 0.1) is 0 Å². The molecule has 0 aliphatic carbocycles. The van der Waals surface area contributed by atoms with Crippen LogP contribution < -0.4 is 10.6 Å². The molecule has 1 aliphatic rings. The molecule has 1 aromatic carbocycles. The minimum absolute atomic E-state index is 0.110. The van der Waals surface area contributed by atoms with Crippen LogP contribution in [0.5, 0.6) is 0 Å². The molecule has 0 spiro atoms. The van der Waals surface area contributed by atoms with Gasteiger partial charge in [-0.25, -0.2) is 9.97 Å². The fourth-order valence-electron chi connectivity index (χ4n) is 3.50. The van der Waals surface area contributed by atoms with Gasteiger partial charge in [-0.3, -0.25) is 0 Å². The number of rotatable bonds is 4. The highest BCUT2D eigenvalue weighted by Crippen LogP contribution is 2.33. The number of halogens is 2. The maximum absolute atomic E-state index is 6.43. The number of fused-ring (bicyclic) bond motifs is 1. The van der Waals surface area contributed by atoms with Gasteiger partial charge in [-0.1, -0.05) is 29.3 Å². The van der Waals surface area contributed by atoms with Crippen molar-refractivity contribution in [1.29, 1.82) is 0 Å². The zero-order valence-electron chi connectivity index (χ0n) is 13.6. The third kappa shape index (κ3) is 3.45. The van der Waals surface area contributed by atoms with Gasteiger partial charge < -0.3 is 15.6 Å². The van der Waals surface area contributed by atoms with Gasteiger partial charge in [-0.15, -0.1) is 0 Å². The van der Waals surface area contributed by atoms with Gasteiger partial charge in [0.25, 0.3) is 0 Å². The van der Waals surface area contributed by atoms with E-state index in [0.717, 1.165) is 54.8 Å². The maximum Gasteiger partial charge on any atom is 0.142 e. The first-order valence-corrected chi connectivity index (χ1v) is 9.12. The minimum Gasteiger partial charge on any atom is -0.364 e. The lowest BCUT2D eigenvalue weighted by molar-refractivity contribution is 0.335. The Labute approximate surface area is 156 Å². The monoisotopic (exact) mass is 375 g/mol. The number of aromatic amines is 1. The molecule has 1 saturated heterocycles. The summed E-state index contributed by atoms with van der Waals surface area (Å²) < 4.78 is 0. The Bertz CT molecular complexity index is 886. The van der Waals surface area contributed by atoms with Gasteiger partial charge in [0.15, 0.2) is 0 Å². The fraction of sp³-hybridized carbons (Fsp3) is 0.333. The van der Waals surface area contributed by atoms with Gasteiger partial charge in [-0.05, 0) is 56.1 Å². The van der Waals surface area contributed by atoms with Crippen LogP contribution in [-0.2, 0) is 6.42 Å². The molecule has 25 heavy (non-hydrogen) atoms. The van der Waals surface area contributed by atoms with E-state index in [1.54, 1.807) is 6.33 Å². The summed E-state index contributed by atoms with van der Waals surface area (Å²) in [7, 11) is 0. The van der Waals surface area contributed by atoms with Gasteiger partial charge in [0, 0.05) is 21.8 Å². The largest absolute Gasteiger partial charge is 0.364 e. The molecule has 0 saturated carbocycles. The SMILES string of the molecule is Clc1ccc(CC2(Nc3ncnc4[nH]ccc34)CCNCC2)c(Cl)c1. The van der Waals surface area contributed by atoms with Crippen LogP contribution in [0.4, 0.5) is 5.82 Å². The van der Waals surface area contributed by atoms with Crippen molar-refractivity contribution in [1.82, 2.24) is 20.3 Å². The van der Waals surface area contributed by atoms with Crippen molar-refractivity contribution < 1.29 is 0 Å². The number of anilines is 1. The summed E-state index contributed by atoms with van der Waals surface area (Å²) in [4.78, 5) is 11.9. The molecule has 2 aromatic heterocycles. The number of benzene rings is 1. The van der Waals surface area contributed by atoms with Gasteiger partial charge in [0.05, 0.1) is 5.39 Å². The summed E-state index contributed by atoms with van der Waals surface area (Å²) in [6.07, 6.45) is 6.27. The van der Waals surface area contributed by atoms with Crippen molar-refractivity contribution in [3.8, 4) is 0 Å². The number of hydrogen-bond donors (Lipinski definition) is 3. The normalized spacial score (nSPS) is 16.9. The molecule has 4 rings (SSSR count). The highest BCUT2D eigenvalue weighted by atomic mass is 35.5. The van der Waals surface area contributed by atoms with Crippen molar-refractivity contribution >= 4 is 40.1 Å². The minimum atomic E-state index is -0.110. The Balaban J connectivity index is 1.68. The lowest BCUT2D eigenvalue weighted by atomic mass is 9.82. The first-order chi connectivity index (χ1) is 12.2. The van der Waals surface area contributed by atoms with E-state index in [2.05, 4.69) is 25.6 Å². The third-order valence-corrected chi connectivity index (χ3v) is 5.43. The molecule has 0 radical (unpaired) electrons. The number of nitrogens with one attached hydrogen (secondary N) is 3. The van der Waals surface area contributed by atoms with E-state index in [4.69, 9.17) is 23.2 Å². The number of nitrogens with zero attached hydrogens (tertiary/aromatic N) is 2. The van der Waals surface area contributed by atoms with Crippen LogP contribution >= 0.6 is 23.2 Å². The second-order valence-electron chi connectivity index (χ2n) is 6.53. The summed E-state index contributed by atoms with van der Waals surface area (Å²) in [6.45, 7) is 1.92. The molecule has 3 aromatic rings. The second kappa shape index (κ2) is 6.83. The maximum atomic E-state index is 6.43. The van der Waals surface area contributed by atoms with Gasteiger partial charge >= 0.3 is 0 Å². The molecule has 0 atom stereocenters. The van der Waals surface area contributed by atoms with Crippen molar-refractivity contribution in [3.05, 3.63) is 52.4 Å². The average Bonchev–Trinajstić information content (AvgIpc) is 3.08. The van der Waals surface area contributed by atoms with Crippen LogP contribution in [-0.4, -0.2) is 33.6 Å². The summed E-state index contributed by atoms with van der Waals surface area (Å²) in [6, 6.07) is 7.72. The van der Waals surface area contributed by atoms with Gasteiger partial charge in [0.1, 0.15) is 17.8 Å². The first-order valence-electron chi connectivity index (χ1n) is 8.36. The summed E-state index contributed by atoms with van der Waals surface area (Å²) in [5, 5.41) is 9.52. The number of piperidine rings is 1. The lowest BCUT2D eigenvalue weighted by Crippen LogP contribution is -2.49. The quantitative estimate of drug-likeness (QED) is 0.643. The van der Waals surface area contributed by atoms with Crippen molar-refractivity contribution in [2.24, 2.45) is 0 Å². The number of hydrogen-bond acceptors (Lipinski definition) is 4. The molecule has 0 amide bonds. The van der Waals surface area contributed by atoms with Crippen LogP contribution in [0.1, 0.15) is 18.4 Å². The Morgan fingerprint density at radius 3 is 2.76 bits per heavy atom. The van der Waals surface area contributed by atoms with Gasteiger partial charge in [0.2, 0.25) is 0 Å². The topological polar surface area (TPSA) is 65.6 Å². The second-order valence-corrected chi connectivity index (χ2v) is 7.37. The highest BCUT2D eigenvalue weighted by Gasteiger charge is 2.33. The highest BCUT2D eigenvalue weighted by molar-refractivity contribution is 6.35. The fourth-order valence-corrected chi connectivity index (χ4v) is 3.98. The molecule has 3 N–H and O–H groups in total. The molecule has 130 valence electrons. The molecule has 0 unspecified atom stereocenters. The molecular weight excluding hydrogens is 357 g/mol. The standard InChI is InChI=1S/C18H19Cl2N5/c19-13-2-1-12(15(20)9-13)10-18(4-7-21-8-5-18)25-17-14-3-6-22-16(14)23-11-24-17/h1-3,6,9,11,21H,4-5,7-8,10H2,(H2,22,23,24,25). The van der Waals surface area contributed by atoms with Crippen LogP contribution in [0.2, 0.25) is 10.0 Å². The van der Waals surface area contributed by atoms with Crippen molar-refractivity contribution in [2.75, 3.05) is 18.4 Å². The smallest absolute Gasteiger partial charge is 0.142 e. The molecular formula is C18H19Cl2N5. The van der Waals surface area contributed by atoms with Crippen LogP contribution in [0.25, 0.3) is 11.0 Å². The molecule has 5 nitrogen and oxygen atoms in total. The van der Waals surface area contributed by atoms with Gasteiger partial charge in [-0.2, -0.15) is 0 Å². The Morgan fingerprint density at radius 2 is 1.96 bits per heavy atom. The lowest BCUT2D eigenvalue weighted by Gasteiger charge is -2.39. The Kier molecular flexibility index (Phi) is 4.54. The van der Waals surface area contributed by atoms with E-state index in [-0.39, 0.29) is 5.54 Å². The molecule has 7 heteroatoms. The zero-order chi connectivity index (χ0) is 17.3. The van der Waals surface area contributed by atoms with Crippen molar-refractivity contribution in [3.63, 3.8) is 0 Å². The Hall–Kier alpha value is -1.82. The predicted octanol–water partition coefficient (Wildman–Crippen LogP) is 4.04.